The van der Waals surface area contributed by atoms with Gasteiger partial charge in [-0.05, 0) is 37.5 Å². The molecule has 1 aromatic rings. The Hall–Kier alpha value is -1.06. The third kappa shape index (κ3) is 2.30. The first-order chi connectivity index (χ1) is 7.16. The molecule has 3 nitrogen and oxygen atoms in total. The van der Waals surface area contributed by atoms with Crippen LogP contribution in [0, 0.1) is 0 Å². The van der Waals surface area contributed by atoms with E-state index >= 15 is 0 Å². The van der Waals surface area contributed by atoms with E-state index in [0.29, 0.717) is 6.04 Å². The van der Waals surface area contributed by atoms with Crippen LogP contribution in [0.15, 0.2) is 24.3 Å². The summed E-state index contributed by atoms with van der Waals surface area (Å²) in [6.07, 6.45) is 1.56. The predicted octanol–water partition coefficient (Wildman–Crippen LogP) is 1.57. The largest absolute Gasteiger partial charge is 0.508 e. The van der Waals surface area contributed by atoms with Gasteiger partial charge in [0.15, 0.2) is 0 Å². The average Bonchev–Trinajstić information content (AvgIpc) is 2.64. The van der Waals surface area contributed by atoms with Crippen LogP contribution >= 0.6 is 0 Å². The second kappa shape index (κ2) is 4.21. The van der Waals surface area contributed by atoms with Gasteiger partial charge in [0.1, 0.15) is 5.75 Å². The Kier molecular flexibility index (Phi) is 2.93. The lowest BCUT2D eigenvalue weighted by molar-refractivity contribution is 0.135. The summed E-state index contributed by atoms with van der Waals surface area (Å²) in [6.45, 7) is 2.12. The van der Waals surface area contributed by atoms with Crippen molar-refractivity contribution < 1.29 is 10.2 Å². The van der Waals surface area contributed by atoms with Gasteiger partial charge in [0, 0.05) is 12.1 Å². The van der Waals surface area contributed by atoms with E-state index in [9.17, 15) is 10.2 Å². The molecule has 2 rings (SSSR count). The maximum absolute atomic E-state index is 10.1. The van der Waals surface area contributed by atoms with Crippen LogP contribution in [-0.4, -0.2) is 22.3 Å². The van der Waals surface area contributed by atoms with Gasteiger partial charge in [-0.3, -0.25) is 0 Å². The second-order valence-corrected chi connectivity index (χ2v) is 4.29. The Morgan fingerprint density at radius 1 is 1.40 bits per heavy atom. The van der Waals surface area contributed by atoms with E-state index in [-0.39, 0.29) is 11.8 Å². The zero-order valence-corrected chi connectivity index (χ0v) is 8.85. The molecule has 1 unspecified atom stereocenters. The zero-order valence-electron chi connectivity index (χ0n) is 8.85. The minimum atomic E-state index is -0.526. The minimum absolute atomic E-state index is 0.113. The summed E-state index contributed by atoms with van der Waals surface area (Å²) >= 11 is 0. The molecule has 1 aliphatic rings. The molecule has 1 aliphatic heterocycles. The molecule has 0 radical (unpaired) electrons. The van der Waals surface area contributed by atoms with E-state index < -0.39 is 6.10 Å². The molecule has 1 fully saturated rings. The molecule has 15 heavy (non-hydrogen) atoms. The molecular formula is C12H17NO2. The number of aliphatic hydroxyl groups is 1. The number of phenols is 1. The number of phenolic OH excluding ortho intramolecular Hbond substituents is 1. The number of hydrogen-bond donors (Lipinski definition) is 3. The van der Waals surface area contributed by atoms with Gasteiger partial charge in [0.2, 0.25) is 0 Å². The first-order valence-electron chi connectivity index (χ1n) is 5.40. The summed E-state index contributed by atoms with van der Waals surface area (Å²) in [7, 11) is 0. The highest BCUT2D eigenvalue weighted by molar-refractivity contribution is 5.29. The molecule has 0 amide bonds. The van der Waals surface area contributed by atoms with Crippen molar-refractivity contribution in [3.63, 3.8) is 0 Å². The summed E-state index contributed by atoms with van der Waals surface area (Å²) in [5.41, 5.74) is 0.779. The van der Waals surface area contributed by atoms with Crippen molar-refractivity contribution in [2.45, 2.75) is 38.0 Å². The number of aromatic hydroxyl groups is 1. The summed E-state index contributed by atoms with van der Waals surface area (Å²) < 4.78 is 0. The van der Waals surface area contributed by atoms with Crippen LogP contribution in [0.3, 0.4) is 0 Å². The second-order valence-electron chi connectivity index (χ2n) is 4.29. The number of nitrogens with one attached hydrogen (secondary N) is 1. The van der Waals surface area contributed by atoms with E-state index in [4.69, 9.17) is 0 Å². The number of aliphatic hydroxyl groups excluding tert-OH is 1. The SMILES string of the molecule is C[C@H]1CC[C@@H](C(O)c2cccc(O)c2)N1. The van der Waals surface area contributed by atoms with E-state index in [1.165, 1.54) is 0 Å². The molecule has 0 bridgehead atoms. The molecule has 0 aromatic heterocycles. The summed E-state index contributed by atoms with van der Waals surface area (Å²) in [5, 5.41) is 22.8. The van der Waals surface area contributed by atoms with Gasteiger partial charge in [0.25, 0.3) is 0 Å². The van der Waals surface area contributed by atoms with E-state index in [1.54, 1.807) is 18.2 Å². The lowest BCUT2D eigenvalue weighted by Crippen LogP contribution is -2.32. The quantitative estimate of drug-likeness (QED) is 0.690. The monoisotopic (exact) mass is 207 g/mol. The molecule has 1 aromatic carbocycles. The number of hydrogen-bond acceptors (Lipinski definition) is 3. The molecule has 1 heterocycles. The van der Waals surface area contributed by atoms with Crippen molar-refractivity contribution in [3.05, 3.63) is 29.8 Å². The van der Waals surface area contributed by atoms with Gasteiger partial charge in [0.05, 0.1) is 6.10 Å². The van der Waals surface area contributed by atoms with Crippen LogP contribution in [0.2, 0.25) is 0 Å². The van der Waals surface area contributed by atoms with Crippen LogP contribution < -0.4 is 5.32 Å². The smallest absolute Gasteiger partial charge is 0.115 e. The topological polar surface area (TPSA) is 52.5 Å². The molecular weight excluding hydrogens is 190 g/mol. The zero-order chi connectivity index (χ0) is 10.8. The Morgan fingerprint density at radius 3 is 2.80 bits per heavy atom. The van der Waals surface area contributed by atoms with Crippen LogP contribution in [0.4, 0.5) is 0 Å². The fourth-order valence-corrected chi connectivity index (χ4v) is 2.15. The first kappa shape index (κ1) is 10.5. The molecule has 0 spiro atoms. The minimum Gasteiger partial charge on any atom is -0.508 e. The van der Waals surface area contributed by atoms with Gasteiger partial charge in [-0.1, -0.05) is 12.1 Å². The highest BCUT2D eigenvalue weighted by Crippen LogP contribution is 2.26. The van der Waals surface area contributed by atoms with Gasteiger partial charge in [-0.2, -0.15) is 0 Å². The van der Waals surface area contributed by atoms with Gasteiger partial charge >= 0.3 is 0 Å². The Labute approximate surface area is 89.8 Å². The molecule has 1 saturated heterocycles. The summed E-state index contributed by atoms with van der Waals surface area (Å²) in [6, 6.07) is 7.42. The fourth-order valence-electron chi connectivity index (χ4n) is 2.15. The fraction of sp³-hybridized carbons (Fsp3) is 0.500. The van der Waals surface area contributed by atoms with Crippen molar-refractivity contribution in [1.29, 1.82) is 0 Å². The third-order valence-corrected chi connectivity index (χ3v) is 3.00. The van der Waals surface area contributed by atoms with Crippen LogP contribution in [-0.2, 0) is 0 Å². The molecule has 82 valence electrons. The highest BCUT2D eigenvalue weighted by Gasteiger charge is 2.27. The molecule has 3 atom stereocenters. The Morgan fingerprint density at radius 2 is 2.20 bits per heavy atom. The Balaban J connectivity index is 2.10. The molecule has 3 heteroatoms. The maximum Gasteiger partial charge on any atom is 0.115 e. The summed E-state index contributed by atoms with van der Waals surface area (Å²) in [4.78, 5) is 0. The number of rotatable bonds is 2. The lowest BCUT2D eigenvalue weighted by atomic mass is 10.0. The third-order valence-electron chi connectivity index (χ3n) is 3.00. The van der Waals surface area contributed by atoms with Crippen molar-refractivity contribution in [1.82, 2.24) is 5.32 Å². The van der Waals surface area contributed by atoms with Crippen LogP contribution in [0.5, 0.6) is 5.75 Å². The van der Waals surface area contributed by atoms with Crippen LogP contribution in [0.25, 0.3) is 0 Å². The van der Waals surface area contributed by atoms with Crippen molar-refractivity contribution in [2.75, 3.05) is 0 Å². The van der Waals surface area contributed by atoms with E-state index in [2.05, 4.69) is 12.2 Å². The molecule has 0 aliphatic carbocycles. The number of benzene rings is 1. The predicted molar refractivity (Wildman–Crippen MR) is 58.7 cm³/mol. The van der Waals surface area contributed by atoms with E-state index in [0.717, 1.165) is 18.4 Å². The normalized spacial score (nSPS) is 27.9. The first-order valence-corrected chi connectivity index (χ1v) is 5.40. The molecule has 3 N–H and O–H groups in total. The molecule has 0 saturated carbocycles. The highest BCUT2D eigenvalue weighted by atomic mass is 16.3. The average molecular weight is 207 g/mol. The van der Waals surface area contributed by atoms with Gasteiger partial charge in [-0.25, -0.2) is 0 Å². The van der Waals surface area contributed by atoms with Gasteiger partial charge in [-0.15, -0.1) is 0 Å². The van der Waals surface area contributed by atoms with Crippen molar-refractivity contribution >= 4 is 0 Å². The lowest BCUT2D eigenvalue weighted by Gasteiger charge is -2.19. The van der Waals surface area contributed by atoms with Crippen molar-refractivity contribution in [3.8, 4) is 5.75 Å². The Bertz CT molecular complexity index is 340. The van der Waals surface area contributed by atoms with E-state index in [1.807, 2.05) is 6.07 Å². The summed E-state index contributed by atoms with van der Waals surface area (Å²) in [5.74, 6) is 0.206. The standard InChI is InChI=1S/C12H17NO2/c1-8-5-6-11(13-8)12(15)9-3-2-4-10(14)7-9/h2-4,7-8,11-15H,5-6H2,1H3/t8-,11-,12?/m0/s1. The van der Waals surface area contributed by atoms with Gasteiger partial charge < -0.3 is 15.5 Å². The maximum atomic E-state index is 10.1. The van der Waals surface area contributed by atoms with Crippen molar-refractivity contribution in [2.24, 2.45) is 0 Å². The van der Waals surface area contributed by atoms with Crippen LogP contribution in [0.1, 0.15) is 31.4 Å².